The van der Waals surface area contributed by atoms with Crippen LogP contribution in [-0.2, 0) is 9.47 Å². The van der Waals surface area contributed by atoms with Gasteiger partial charge in [0.25, 0.3) is 0 Å². The lowest BCUT2D eigenvalue weighted by Crippen LogP contribution is -2.36. The molecule has 2 N–H and O–H groups in total. The van der Waals surface area contributed by atoms with E-state index in [2.05, 4.69) is 0 Å². The third-order valence-electron chi connectivity index (χ3n) is 3.25. The number of methoxy groups -OCH3 is 2. The van der Waals surface area contributed by atoms with Crippen molar-refractivity contribution < 1.29 is 19.7 Å². The van der Waals surface area contributed by atoms with Crippen molar-refractivity contribution in [1.29, 1.82) is 0 Å². The predicted molar refractivity (Wildman–Crippen MR) is 51.9 cm³/mol. The van der Waals surface area contributed by atoms with E-state index in [1.807, 2.05) is 6.92 Å². The number of aliphatic hydroxyl groups is 2. The highest BCUT2D eigenvalue weighted by molar-refractivity contribution is 4.99. The number of aliphatic hydroxyl groups excluding tert-OH is 2. The van der Waals surface area contributed by atoms with E-state index in [9.17, 15) is 10.2 Å². The first-order chi connectivity index (χ1) is 6.54. The van der Waals surface area contributed by atoms with Crippen molar-refractivity contribution in [2.75, 3.05) is 14.2 Å². The van der Waals surface area contributed by atoms with E-state index in [1.165, 1.54) is 0 Å². The fraction of sp³-hybridized carbons (Fsp3) is 1.00. The first-order valence-electron chi connectivity index (χ1n) is 4.96. The summed E-state index contributed by atoms with van der Waals surface area (Å²) in [5.41, 5.74) is 0. The average Bonchev–Trinajstić information content (AvgIpc) is 2.37. The highest BCUT2D eigenvalue weighted by Gasteiger charge is 2.50. The molecule has 0 aliphatic heterocycles. The second-order valence-electron chi connectivity index (χ2n) is 4.07. The van der Waals surface area contributed by atoms with Crippen molar-refractivity contribution >= 4 is 0 Å². The summed E-state index contributed by atoms with van der Waals surface area (Å²) < 4.78 is 10.5. The third kappa shape index (κ3) is 1.80. The van der Waals surface area contributed by atoms with E-state index in [0.29, 0.717) is 0 Å². The third-order valence-corrected chi connectivity index (χ3v) is 3.25. The van der Waals surface area contributed by atoms with E-state index in [1.54, 1.807) is 21.1 Å². The Morgan fingerprint density at radius 3 is 1.93 bits per heavy atom. The zero-order chi connectivity index (χ0) is 10.9. The molecule has 0 radical (unpaired) electrons. The summed E-state index contributed by atoms with van der Waals surface area (Å²) in [6, 6.07) is 0. The molecule has 0 aromatic rings. The van der Waals surface area contributed by atoms with Crippen molar-refractivity contribution in [1.82, 2.24) is 0 Å². The Balaban J connectivity index is 2.83. The van der Waals surface area contributed by atoms with Crippen LogP contribution in [-0.4, -0.2) is 48.8 Å². The SMILES string of the molecule is COC1C(C)C(OC)C(C(C)O)C1O. The topological polar surface area (TPSA) is 58.9 Å². The van der Waals surface area contributed by atoms with Crippen LogP contribution in [0.1, 0.15) is 13.8 Å². The van der Waals surface area contributed by atoms with Crippen molar-refractivity contribution in [2.45, 2.75) is 38.3 Å². The van der Waals surface area contributed by atoms with Crippen molar-refractivity contribution in [3.05, 3.63) is 0 Å². The summed E-state index contributed by atoms with van der Waals surface area (Å²) >= 11 is 0. The quantitative estimate of drug-likeness (QED) is 0.680. The van der Waals surface area contributed by atoms with Gasteiger partial charge < -0.3 is 19.7 Å². The Hall–Kier alpha value is -0.160. The van der Waals surface area contributed by atoms with Crippen molar-refractivity contribution in [3.8, 4) is 0 Å². The van der Waals surface area contributed by atoms with Crippen LogP contribution in [0.3, 0.4) is 0 Å². The van der Waals surface area contributed by atoms with Gasteiger partial charge in [0.2, 0.25) is 0 Å². The molecule has 1 aliphatic rings. The highest BCUT2D eigenvalue weighted by atomic mass is 16.5. The summed E-state index contributed by atoms with van der Waals surface area (Å²) in [6.45, 7) is 3.64. The Bertz CT molecular complexity index is 183. The zero-order valence-corrected chi connectivity index (χ0v) is 9.18. The molecule has 1 fully saturated rings. The van der Waals surface area contributed by atoms with Crippen molar-refractivity contribution in [2.24, 2.45) is 11.8 Å². The molecular formula is C10H20O4. The Labute approximate surface area is 84.8 Å². The lowest BCUT2D eigenvalue weighted by Gasteiger charge is -2.24. The molecule has 0 spiro atoms. The molecule has 0 saturated heterocycles. The van der Waals surface area contributed by atoms with Crippen LogP contribution < -0.4 is 0 Å². The van der Waals surface area contributed by atoms with Crippen LogP contribution in [0.15, 0.2) is 0 Å². The van der Waals surface area contributed by atoms with E-state index in [4.69, 9.17) is 9.47 Å². The largest absolute Gasteiger partial charge is 0.393 e. The van der Waals surface area contributed by atoms with Crippen LogP contribution in [0.5, 0.6) is 0 Å². The molecule has 6 atom stereocenters. The molecule has 1 rings (SSSR count). The van der Waals surface area contributed by atoms with Crippen LogP contribution >= 0.6 is 0 Å². The maximum atomic E-state index is 9.93. The Morgan fingerprint density at radius 1 is 1.14 bits per heavy atom. The first kappa shape index (κ1) is 11.9. The van der Waals surface area contributed by atoms with Crippen LogP contribution in [0.25, 0.3) is 0 Å². The van der Waals surface area contributed by atoms with Crippen LogP contribution in [0.2, 0.25) is 0 Å². The second kappa shape index (κ2) is 4.57. The molecule has 0 bridgehead atoms. The van der Waals surface area contributed by atoms with E-state index in [-0.39, 0.29) is 24.0 Å². The Morgan fingerprint density at radius 2 is 1.64 bits per heavy atom. The van der Waals surface area contributed by atoms with Gasteiger partial charge in [0, 0.05) is 26.1 Å². The standard InChI is InChI=1S/C10H20O4/c1-5-9(13-3)7(6(2)11)8(12)10(5)14-4/h5-12H,1-4H3. The number of ether oxygens (including phenoxy) is 2. The van der Waals surface area contributed by atoms with Gasteiger partial charge in [-0.2, -0.15) is 0 Å². The molecule has 0 aromatic heterocycles. The normalized spacial score (nSPS) is 45.4. The number of rotatable bonds is 3. The molecule has 4 nitrogen and oxygen atoms in total. The minimum absolute atomic E-state index is 0.0969. The van der Waals surface area contributed by atoms with Gasteiger partial charge in [-0.1, -0.05) is 6.92 Å². The lowest BCUT2D eigenvalue weighted by atomic mass is 9.96. The smallest absolute Gasteiger partial charge is 0.0885 e. The molecular weight excluding hydrogens is 184 g/mol. The van der Waals surface area contributed by atoms with Gasteiger partial charge in [-0.05, 0) is 6.92 Å². The number of hydrogen-bond donors (Lipinski definition) is 2. The summed E-state index contributed by atoms with van der Waals surface area (Å²) in [7, 11) is 3.17. The minimum Gasteiger partial charge on any atom is -0.393 e. The second-order valence-corrected chi connectivity index (χ2v) is 4.07. The molecule has 1 saturated carbocycles. The van der Waals surface area contributed by atoms with Gasteiger partial charge in [-0.3, -0.25) is 0 Å². The van der Waals surface area contributed by atoms with Gasteiger partial charge in [0.15, 0.2) is 0 Å². The first-order valence-corrected chi connectivity index (χ1v) is 4.96. The van der Waals surface area contributed by atoms with Gasteiger partial charge in [-0.25, -0.2) is 0 Å². The van der Waals surface area contributed by atoms with E-state index < -0.39 is 12.2 Å². The summed E-state index contributed by atoms with van der Waals surface area (Å²) in [5.74, 6) is -0.167. The van der Waals surface area contributed by atoms with Gasteiger partial charge in [-0.15, -0.1) is 0 Å². The van der Waals surface area contributed by atoms with Crippen LogP contribution in [0, 0.1) is 11.8 Å². The maximum Gasteiger partial charge on any atom is 0.0885 e. The molecule has 0 amide bonds. The van der Waals surface area contributed by atoms with E-state index >= 15 is 0 Å². The highest BCUT2D eigenvalue weighted by Crippen LogP contribution is 2.37. The monoisotopic (exact) mass is 204 g/mol. The molecule has 0 aromatic carbocycles. The molecule has 4 heteroatoms. The molecule has 6 unspecified atom stereocenters. The molecule has 0 heterocycles. The fourth-order valence-electron chi connectivity index (χ4n) is 2.55. The van der Waals surface area contributed by atoms with Gasteiger partial charge in [0.1, 0.15) is 0 Å². The Kier molecular flexibility index (Phi) is 3.89. The molecule has 1 aliphatic carbocycles. The average molecular weight is 204 g/mol. The van der Waals surface area contributed by atoms with Crippen molar-refractivity contribution in [3.63, 3.8) is 0 Å². The lowest BCUT2D eigenvalue weighted by molar-refractivity contribution is -0.0518. The summed E-state index contributed by atoms with van der Waals surface area (Å²) in [6.07, 6.45) is -1.63. The van der Waals surface area contributed by atoms with Gasteiger partial charge >= 0.3 is 0 Å². The molecule has 14 heavy (non-hydrogen) atoms. The maximum absolute atomic E-state index is 9.93. The van der Waals surface area contributed by atoms with Gasteiger partial charge in [0.05, 0.1) is 24.4 Å². The summed E-state index contributed by atoms with van der Waals surface area (Å²) in [5, 5.41) is 19.5. The zero-order valence-electron chi connectivity index (χ0n) is 9.18. The summed E-state index contributed by atoms with van der Waals surface area (Å²) in [4.78, 5) is 0. The minimum atomic E-state index is -0.653. The fourth-order valence-corrected chi connectivity index (χ4v) is 2.55. The molecule has 84 valence electrons. The predicted octanol–water partition coefficient (Wildman–Crippen LogP) is 0.0240. The van der Waals surface area contributed by atoms with Crippen LogP contribution in [0.4, 0.5) is 0 Å². The number of hydrogen-bond acceptors (Lipinski definition) is 4. The van der Waals surface area contributed by atoms with E-state index in [0.717, 1.165) is 0 Å².